The zero-order valence-corrected chi connectivity index (χ0v) is 16.2. The molecule has 8 heteroatoms. The summed E-state index contributed by atoms with van der Waals surface area (Å²) in [6.07, 6.45) is 4.08. The van der Waals surface area contributed by atoms with E-state index in [9.17, 15) is 9.90 Å². The summed E-state index contributed by atoms with van der Waals surface area (Å²) in [6.45, 7) is 7.00. The molecule has 1 atom stereocenters. The van der Waals surface area contributed by atoms with Crippen LogP contribution in [0.1, 0.15) is 30.4 Å². The maximum absolute atomic E-state index is 12.6. The van der Waals surface area contributed by atoms with Gasteiger partial charge in [-0.05, 0) is 39.3 Å². The molecule has 1 aliphatic rings. The van der Waals surface area contributed by atoms with Gasteiger partial charge in [-0.1, -0.05) is 5.16 Å². The van der Waals surface area contributed by atoms with E-state index in [4.69, 9.17) is 4.52 Å². The summed E-state index contributed by atoms with van der Waals surface area (Å²) in [7, 11) is 0. The van der Waals surface area contributed by atoms with Gasteiger partial charge in [0, 0.05) is 42.2 Å². The molecule has 8 nitrogen and oxygen atoms in total. The van der Waals surface area contributed by atoms with E-state index in [2.05, 4.69) is 15.2 Å². The molecule has 0 bridgehead atoms. The van der Waals surface area contributed by atoms with E-state index in [1.165, 1.54) is 4.68 Å². The van der Waals surface area contributed by atoms with Gasteiger partial charge in [0.15, 0.2) is 0 Å². The van der Waals surface area contributed by atoms with Crippen molar-refractivity contribution in [3.8, 4) is 11.3 Å². The largest absolute Gasteiger partial charge is 0.388 e. The summed E-state index contributed by atoms with van der Waals surface area (Å²) >= 11 is 0. The van der Waals surface area contributed by atoms with Gasteiger partial charge in [0.2, 0.25) is 0 Å². The van der Waals surface area contributed by atoms with E-state index in [0.29, 0.717) is 31.0 Å². The second kappa shape index (κ2) is 6.87. The lowest BCUT2D eigenvalue weighted by Gasteiger charge is -2.20. The Balaban J connectivity index is 1.61. The highest BCUT2D eigenvalue weighted by atomic mass is 16.5. The van der Waals surface area contributed by atoms with Crippen molar-refractivity contribution < 1.29 is 9.63 Å². The van der Waals surface area contributed by atoms with E-state index < -0.39 is 5.60 Å². The van der Waals surface area contributed by atoms with Crippen LogP contribution < -0.4 is 10.5 Å². The lowest BCUT2D eigenvalue weighted by molar-refractivity contribution is 0.0839. The number of aliphatic hydroxyl groups is 1. The highest BCUT2D eigenvalue weighted by Gasteiger charge is 2.31. The van der Waals surface area contributed by atoms with E-state index in [-0.39, 0.29) is 12.1 Å². The third-order valence-electron chi connectivity index (χ3n) is 5.15. The molecule has 0 saturated carbocycles. The van der Waals surface area contributed by atoms with Crippen LogP contribution in [0.25, 0.3) is 11.3 Å². The molecule has 3 aromatic rings. The highest BCUT2D eigenvalue weighted by molar-refractivity contribution is 5.62. The van der Waals surface area contributed by atoms with Crippen LogP contribution in [0.5, 0.6) is 0 Å². The molecule has 1 N–H and O–H groups in total. The SMILES string of the molecule is Cc1ccc(-c2noc(C)c2Cn2ncc(N3CCC(C)(O)C3)cc2=O)cn1. The predicted molar refractivity (Wildman–Crippen MR) is 104 cm³/mol. The Labute approximate surface area is 162 Å². The fourth-order valence-electron chi connectivity index (χ4n) is 3.44. The first kappa shape index (κ1) is 18.4. The molecular weight excluding hydrogens is 358 g/mol. The summed E-state index contributed by atoms with van der Waals surface area (Å²) in [6, 6.07) is 5.40. The molecule has 1 fully saturated rings. The third-order valence-corrected chi connectivity index (χ3v) is 5.15. The number of anilines is 1. The van der Waals surface area contributed by atoms with Gasteiger partial charge in [-0.2, -0.15) is 5.10 Å². The van der Waals surface area contributed by atoms with Crippen LogP contribution in [0, 0.1) is 13.8 Å². The second-order valence-corrected chi connectivity index (χ2v) is 7.63. The lowest BCUT2D eigenvalue weighted by Crippen LogP contribution is -2.31. The van der Waals surface area contributed by atoms with Crippen LogP contribution in [0.15, 0.2) is 39.9 Å². The molecular formula is C20H23N5O3. The quantitative estimate of drug-likeness (QED) is 0.737. The molecule has 28 heavy (non-hydrogen) atoms. The normalized spacial score (nSPS) is 19.4. The minimum Gasteiger partial charge on any atom is -0.388 e. The van der Waals surface area contributed by atoms with Crippen LogP contribution in [-0.2, 0) is 6.54 Å². The van der Waals surface area contributed by atoms with E-state index >= 15 is 0 Å². The molecule has 0 amide bonds. The van der Waals surface area contributed by atoms with Gasteiger partial charge in [-0.15, -0.1) is 0 Å². The van der Waals surface area contributed by atoms with E-state index in [0.717, 1.165) is 22.5 Å². The van der Waals surface area contributed by atoms with E-state index in [1.807, 2.05) is 30.9 Å². The Hall–Kier alpha value is -3.00. The second-order valence-electron chi connectivity index (χ2n) is 7.63. The number of β-amino-alcohol motifs (C(OH)–C–C–N with tert-alkyl or cyclic N) is 1. The molecule has 4 rings (SSSR count). The van der Waals surface area contributed by atoms with Crippen LogP contribution in [0.3, 0.4) is 0 Å². The Morgan fingerprint density at radius 1 is 1.29 bits per heavy atom. The van der Waals surface area contributed by atoms with Gasteiger partial charge < -0.3 is 14.5 Å². The molecule has 0 aliphatic carbocycles. The number of aromatic nitrogens is 4. The Kier molecular flexibility index (Phi) is 4.50. The summed E-state index contributed by atoms with van der Waals surface area (Å²) < 4.78 is 6.75. The third kappa shape index (κ3) is 3.55. The number of hydrogen-bond donors (Lipinski definition) is 1. The van der Waals surface area contributed by atoms with E-state index in [1.54, 1.807) is 25.4 Å². The lowest BCUT2D eigenvalue weighted by atomic mass is 10.1. The fraction of sp³-hybridized carbons (Fsp3) is 0.400. The number of hydrogen-bond acceptors (Lipinski definition) is 7. The molecule has 0 aromatic carbocycles. The number of nitrogens with zero attached hydrogens (tertiary/aromatic N) is 5. The van der Waals surface area contributed by atoms with Crippen molar-refractivity contribution in [2.24, 2.45) is 0 Å². The van der Waals surface area contributed by atoms with Gasteiger partial charge in [0.1, 0.15) is 11.5 Å². The molecule has 3 aromatic heterocycles. The van der Waals surface area contributed by atoms with Crippen molar-refractivity contribution in [1.29, 1.82) is 0 Å². The van der Waals surface area contributed by atoms with Gasteiger partial charge in [0.05, 0.1) is 24.0 Å². The Morgan fingerprint density at radius 2 is 2.11 bits per heavy atom. The molecule has 0 spiro atoms. The number of rotatable bonds is 4. The Bertz CT molecular complexity index is 1050. The predicted octanol–water partition coefficient (Wildman–Crippen LogP) is 1.92. The monoisotopic (exact) mass is 381 g/mol. The number of pyridine rings is 1. The zero-order valence-electron chi connectivity index (χ0n) is 16.2. The van der Waals surface area contributed by atoms with Gasteiger partial charge >= 0.3 is 0 Å². The maximum atomic E-state index is 12.6. The first-order valence-electron chi connectivity index (χ1n) is 9.25. The molecule has 0 radical (unpaired) electrons. The van der Waals surface area contributed by atoms with Gasteiger partial charge in [0.25, 0.3) is 5.56 Å². The minimum atomic E-state index is -0.731. The van der Waals surface area contributed by atoms with Crippen molar-refractivity contribution in [3.63, 3.8) is 0 Å². The standard InChI is InChI=1S/C20H23N5O3/c1-13-4-5-15(9-21-13)19-17(14(2)28-23-19)11-25-18(26)8-16(10-22-25)24-7-6-20(3,27)12-24/h4-5,8-10,27H,6-7,11-12H2,1-3H3. The average molecular weight is 381 g/mol. The van der Waals surface area contributed by atoms with Crippen LogP contribution in [0.4, 0.5) is 5.69 Å². The molecule has 4 heterocycles. The van der Waals surface area contributed by atoms with Crippen molar-refractivity contribution in [3.05, 3.63) is 58.0 Å². The van der Waals surface area contributed by atoms with Gasteiger partial charge in [-0.25, -0.2) is 4.68 Å². The van der Waals surface area contributed by atoms with Gasteiger partial charge in [-0.3, -0.25) is 9.78 Å². The van der Waals surface area contributed by atoms with Crippen LogP contribution in [0.2, 0.25) is 0 Å². The van der Waals surface area contributed by atoms with Crippen LogP contribution >= 0.6 is 0 Å². The molecule has 1 saturated heterocycles. The zero-order chi connectivity index (χ0) is 19.9. The fourth-order valence-corrected chi connectivity index (χ4v) is 3.44. The highest BCUT2D eigenvalue weighted by Crippen LogP contribution is 2.26. The Morgan fingerprint density at radius 3 is 2.75 bits per heavy atom. The van der Waals surface area contributed by atoms with Crippen molar-refractivity contribution in [2.75, 3.05) is 18.0 Å². The summed E-state index contributed by atoms with van der Waals surface area (Å²) in [5.74, 6) is 0.643. The van der Waals surface area contributed by atoms with Crippen molar-refractivity contribution in [1.82, 2.24) is 19.9 Å². The summed E-state index contributed by atoms with van der Waals surface area (Å²) in [4.78, 5) is 18.9. The summed E-state index contributed by atoms with van der Waals surface area (Å²) in [5, 5.41) is 18.6. The maximum Gasteiger partial charge on any atom is 0.269 e. The number of aryl methyl sites for hydroxylation is 2. The average Bonchev–Trinajstić information content (AvgIpc) is 3.20. The molecule has 1 aliphatic heterocycles. The first-order valence-corrected chi connectivity index (χ1v) is 9.25. The smallest absolute Gasteiger partial charge is 0.269 e. The molecule has 146 valence electrons. The van der Waals surface area contributed by atoms with Crippen molar-refractivity contribution >= 4 is 5.69 Å². The van der Waals surface area contributed by atoms with Crippen molar-refractivity contribution in [2.45, 2.75) is 39.3 Å². The summed E-state index contributed by atoms with van der Waals surface area (Å²) in [5.41, 5.74) is 3.00. The first-order chi connectivity index (χ1) is 13.3. The minimum absolute atomic E-state index is 0.211. The molecule has 1 unspecified atom stereocenters. The van der Waals surface area contributed by atoms with Crippen LogP contribution in [-0.4, -0.2) is 43.7 Å². The topological polar surface area (TPSA) is 97.3 Å².